The molecule has 1 aromatic rings. The number of amides is 1. The zero-order valence-corrected chi connectivity index (χ0v) is 13.0. The fraction of sp³-hybridized carbons (Fsp3) is 0.533. The summed E-state index contributed by atoms with van der Waals surface area (Å²) in [6.45, 7) is 1.99. The molecule has 1 atom stereocenters. The summed E-state index contributed by atoms with van der Waals surface area (Å²) in [5.41, 5.74) is 0.893. The van der Waals surface area contributed by atoms with Crippen LogP contribution in [0.25, 0.3) is 0 Å². The van der Waals surface area contributed by atoms with Crippen molar-refractivity contribution in [1.29, 1.82) is 0 Å². The number of carbonyl (C=O) groups excluding carboxylic acids is 1. The molecule has 5 heteroatoms. The number of nitrogens with one attached hydrogen (secondary N) is 1. The molecule has 0 saturated heterocycles. The molecule has 1 unspecified atom stereocenters. The fourth-order valence-corrected chi connectivity index (χ4v) is 2.11. The van der Waals surface area contributed by atoms with Crippen molar-refractivity contribution in [2.45, 2.75) is 32.2 Å². The minimum Gasteiger partial charge on any atom is -0.493 e. The summed E-state index contributed by atoms with van der Waals surface area (Å²) in [5, 5.41) is 2.96. The third-order valence-electron chi connectivity index (χ3n) is 2.99. The molecular weight excluding hydrogens is 278 g/mol. The number of rotatable bonds is 8. The van der Waals surface area contributed by atoms with Crippen LogP contribution in [-0.2, 0) is 11.2 Å². The van der Waals surface area contributed by atoms with Crippen LogP contribution in [0, 0.1) is 0 Å². The van der Waals surface area contributed by atoms with E-state index in [1.165, 1.54) is 0 Å². The summed E-state index contributed by atoms with van der Waals surface area (Å²) in [5.74, 6) is 1.91. The van der Waals surface area contributed by atoms with Crippen LogP contribution in [-0.4, -0.2) is 32.0 Å². The molecule has 0 heterocycles. The molecule has 0 bridgehead atoms. The van der Waals surface area contributed by atoms with Gasteiger partial charge in [0.25, 0.3) is 0 Å². The third kappa shape index (κ3) is 5.29. The topological polar surface area (TPSA) is 47.6 Å². The van der Waals surface area contributed by atoms with E-state index in [2.05, 4.69) is 5.32 Å². The molecule has 4 nitrogen and oxygen atoms in total. The van der Waals surface area contributed by atoms with E-state index in [0.29, 0.717) is 23.8 Å². The summed E-state index contributed by atoms with van der Waals surface area (Å²) < 4.78 is 10.4. The SMILES string of the molecule is COc1ccc(CC(=O)NC(C)CCCCl)cc1OC. The average Bonchev–Trinajstić information content (AvgIpc) is 2.44. The van der Waals surface area contributed by atoms with E-state index in [0.717, 1.165) is 18.4 Å². The number of halogens is 1. The van der Waals surface area contributed by atoms with Crippen molar-refractivity contribution in [2.75, 3.05) is 20.1 Å². The lowest BCUT2D eigenvalue weighted by Crippen LogP contribution is -2.33. The first-order chi connectivity index (χ1) is 9.60. The van der Waals surface area contributed by atoms with Gasteiger partial charge in [0.2, 0.25) is 5.91 Å². The molecule has 0 saturated carbocycles. The number of hydrogen-bond donors (Lipinski definition) is 1. The first-order valence-electron chi connectivity index (χ1n) is 6.67. The maximum Gasteiger partial charge on any atom is 0.224 e. The van der Waals surface area contributed by atoms with Crippen LogP contribution in [0.2, 0.25) is 0 Å². The van der Waals surface area contributed by atoms with E-state index in [-0.39, 0.29) is 11.9 Å². The van der Waals surface area contributed by atoms with Crippen LogP contribution in [0.15, 0.2) is 18.2 Å². The normalized spacial score (nSPS) is 11.8. The van der Waals surface area contributed by atoms with Crippen molar-refractivity contribution in [3.63, 3.8) is 0 Å². The predicted octanol–water partition coefficient (Wildman–Crippen LogP) is 2.77. The van der Waals surface area contributed by atoms with Gasteiger partial charge in [0, 0.05) is 11.9 Å². The molecule has 1 rings (SSSR count). The van der Waals surface area contributed by atoms with Crippen molar-refractivity contribution in [3.05, 3.63) is 23.8 Å². The van der Waals surface area contributed by atoms with Crippen LogP contribution in [0.3, 0.4) is 0 Å². The Balaban J connectivity index is 2.57. The van der Waals surface area contributed by atoms with E-state index < -0.39 is 0 Å². The van der Waals surface area contributed by atoms with Gasteiger partial charge in [-0.15, -0.1) is 11.6 Å². The molecule has 1 N–H and O–H groups in total. The standard InChI is InChI=1S/C15H22ClNO3/c1-11(5-4-8-16)17-15(18)10-12-6-7-13(19-2)14(9-12)20-3/h6-7,9,11H,4-5,8,10H2,1-3H3,(H,17,18). The van der Waals surface area contributed by atoms with Crippen molar-refractivity contribution < 1.29 is 14.3 Å². The number of alkyl halides is 1. The molecule has 0 aliphatic heterocycles. The van der Waals surface area contributed by atoms with Crippen LogP contribution >= 0.6 is 11.6 Å². The van der Waals surface area contributed by atoms with Crippen LogP contribution in [0.5, 0.6) is 11.5 Å². The monoisotopic (exact) mass is 299 g/mol. The Morgan fingerprint density at radius 1 is 1.30 bits per heavy atom. The van der Waals surface area contributed by atoms with Crippen LogP contribution in [0.1, 0.15) is 25.3 Å². The molecule has 0 fully saturated rings. The molecule has 1 amide bonds. The molecule has 0 aliphatic rings. The lowest BCUT2D eigenvalue weighted by molar-refractivity contribution is -0.121. The van der Waals surface area contributed by atoms with Gasteiger partial charge in [-0.05, 0) is 37.5 Å². The molecule has 0 radical (unpaired) electrons. The Labute approximate surface area is 125 Å². The predicted molar refractivity (Wildman–Crippen MR) is 80.8 cm³/mol. The van der Waals surface area contributed by atoms with Gasteiger partial charge in [-0.25, -0.2) is 0 Å². The minimum atomic E-state index is -0.000655. The molecule has 0 aliphatic carbocycles. The van der Waals surface area contributed by atoms with Gasteiger partial charge in [0.15, 0.2) is 11.5 Å². The lowest BCUT2D eigenvalue weighted by Gasteiger charge is -2.14. The van der Waals surface area contributed by atoms with Crippen molar-refractivity contribution in [2.24, 2.45) is 0 Å². The highest BCUT2D eigenvalue weighted by Crippen LogP contribution is 2.27. The Hall–Kier alpha value is -1.42. The third-order valence-corrected chi connectivity index (χ3v) is 3.26. The van der Waals surface area contributed by atoms with Crippen molar-refractivity contribution in [1.82, 2.24) is 5.32 Å². The molecule has 0 aromatic heterocycles. The lowest BCUT2D eigenvalue weighted by atomic mass is 10.1. The Bertz CT molecular complexity index is 437. The molecule has 20 heavy (non-hydrogen) atoms. The van der Waals surface area contributed by atoms with Gasteiger partial charge < -0.3 is 14.8 Å². The zero-order chi connectivity index (χ0) is 15.0. The highest BCUT2D eigenvalue weighted by molar-refractivity contribution is 6.17. The summed E-state index contributed by atoms with van der Waals surface area (Å²) in [6, 6.07) is 5.63. The Kier molecular flexibility index (Phi) is 7.23. The maximum absolute atomic E-state index is 11.9. The number of carbonyl (C=O) groups is 1. The largest absolute Gasteiger partial charge is 0.493 e. The number of hydrogen-bond acceptors (Lipinski definition) is 3. The van der Waals surface area contributed by atoms with Crippen LogP contribution in [0.4, 0.5) is 0 Å². The zero-order valence-electron chi connectivity index (χ0n) is 12.2. The number of methoxy groups -OCH3 is 2. The van der Waals surface area contributed by atoms with Gasteiger partial charge in [0.1, 0.15) is 0 Å². The molecule has 112 valence electrons. The maximum atomic E-state index is 11.9. The molecule has 0 spiro atoms. The summed E-state index contributed by atoms with van der Waals surface area (Å²) in [7, 11) is 3.17. The van der Waals surface area contributed by atoms with Gasteiger partial charge in [-0.3, -0.25) is 4.79 Å². The van der Waals surface area contributed by atoms with E-state index in [4.69, 9.17) is 21.1 Å². The van der Waals surface area contributed by atoms with Crippen molar-refractivity contribution >= 4 is 17.5 Å². The Morgan fingerprint density at radius 3 is 2.60 bits per heavy atom. The first-order valence-corrected chi connectivity index (χ1v) is 7.20. The van der Waals surface area contributed by atoms with E-state index in [9.17, 15) is 4.79 Å². The first kappa shape index (κ1) is 16.6. The highest BCUT2D eigenvalue weighted by Gasteiger charge is 2.10. The van der Waals surface area contributed by atoms with Gasteiger partial charge in [-0.2, -0.15) is 0 Å². The second kappa shape index (κ2) is 8.69. The van der Waals surface area contributed by atoms with E-state index >= 15 is 0 Å². The van der Waals surface area contributed by atoms with E-state index in [1.807, 2.05) is 19.1 Å². The van der Waals surface area contributed by atoms with Gasteiger partial charge >= 0.3 is 0 Å². The highest BCUT2D eigenvalue weighted by atomic mass is 35.5. The van der Waals surface area contributed by atoms with Crippen LogP contribution < -0.4 is 14.8 Å². The van der Waals surface area contributed by atoms with Gasteiger partial charge in [-0.1, -0.05) is 6.07 Å². The van der Waals surface area contributed by atoms with E-state index in [1.54, 1.807) is 20.3 Å². The van der Waals surface area contributed by atoms with Gasteiger partial charge in [0.05, 0.1) is 20.6 Å². The second-order valence-electron chi connectivity index (χ2n) is 4.67. The Morgan fingerprint density at radius 2 is 2.00 bits per heavy atom. The fourth-order valence-electron chi connectivity index (χ4n) is 1.96. The smallest absolute Gasteiger partial charge is 0.224 e. The molecular formula is C15H22ClNO3. The summed E-state index contributed by atoms with van der Waals surface area (Å²) >= 11 is 5.64. The molecule has 1 aromatic carbocycles. The minimum absolute atomic E-state index is 0.000655. The quantitative estimate of drug-likeness (QED) is 0.751. The summed E-state index contributed by atoms with van der Waals surface area (Å²) in [4.78, 5) is 11.9. The number of ether oxygens (including phenoxy) is 2. The average molecular weight is 300 g/mol. The van der Waals surface area contributed by atoms with Crippen molar-refractivity contribution in [3.8, 4) is 11.5 Å². The number of benzene rings is 1. The summed E-state index contributed by atoms with van der Waals surface area (Å²) in [6.07, 6.45) is 2.12. The second-order valence-corrected chi connectivity index (χ2v) is 5.04.